The van der Waals surface area contributed by atoms with Crippen molar-refractivity contribution in [2.45, 2.75) is 6.42 Å². The molecule has 6 heteroatoms. The second-order valence-electron chi connectivity index (χ2n) is 3.28. The summed E-state index contributed by atoms with van der Waals surface area (Å²) in [7, 11) is 0. The zero-order valence-corrected chi connectivity index (χ0v) is 11.5. The molecule has 0 atom stereocenters. The SMILES string of the molecule is O=C(Cl)c1csc(Cc2c(Cl)cccc2Cl)n1. The van der Waals surface area contributed by atoms with Gasteiger partial charge in [-0.1, -0.05) is 29.3 Å². The Morgan fingerprint density at radius 1 is 1.29 bits per heavy atom. The molecular weight excluding hydrogens is 301 g/mol. The fourth-order valence-electron chi connectivity index (χ4n) is 1.33. The van der Waals surface area contributed by atoms with Gasteiger partial charge < -0.3 is 0 Å². The van der Waals surface area contributed by atoms with Gasteiger partial charge in [-0.15, -0.1) is 11.3 Å². The van der Waals surface area contributed by atoms with Gasteiger partial charge in [-0.3, -0.25) is 4.79 Å². The minimum atomic E-state index is -0.558. The minimum absolute atomic E-state index is 0.259. The molecule has 2 aromatic rings. The van der Waals surface area contributed by atoms with Crippen LogP contribution in [0.2, 0.25) is 10.0 Å². The lowest BCUT2D eigenvalue weighted by Gasteiger charge is -2.03. The summed E-state index contributed by atoms with van der Waals surface area (Å²) in [5, 5.41) is 3.00. The lowest BCUT2D eigenvalue weighted by atomic mass is 10.1. The summed E-state index contributed by atoms with van der Waals surface area (Å²) >= 11 is 18.8. The molecule has 0 aliphatic heterocycles. The van der Waals surface area contributed by atoms with Gasteiger partial charge >= 0.3 is 0 Å². The van der Waals surface area contributed by atoms with E-state index >= 15 is 0 Å². The molecule has 0 aliphatic rings. The highest BCUT2D eigenvalue weighted by atomic mass is 35.5. The third-order valence-electron chi connectivity index (χ3n) is 2.14. The molecule has 0 bridgehead atoms. The number of rotatable bonds is 3. The molecule has 1 aromatic carbocycles. The van der Waals surface area contributed by atoms with Crippen LogP contribution in [0, 0.1) is 0 Å². The van der Waals surface area contributed by atoms with Gasteiger partial charge in [0.1, 0.15) is 5.69 Å². The summed E-state index contributed by atoms with van der Waals surface area (Å²) in [6, 6.07) is 5.32. The van der Waals surface area contributed by atoms with E-state index in [0.29, 0.717) is 16.5 Å². The maximum atomic E-state index is 10.9. The van der Waals surface area contributed by atoms with Crippen LogP contribution in [-0.2, 0) is 6.42 Å². The monoisotopic (exact) mass is 305 g/mol. The van der Waals surface area contributed by atoms with Crippen LogP contribution in [0.4, 0.5) is 0 Å². The number of hydrogen-bond acceptors (Lipinski definition) is 3. The third kappa shape index (κ3) is 2.99. The van der Waals surface area contributed by atoms with Crippen LogP contribution in [0.5, 0.6) is 0 Å². The van der Waals surface area contributed by atoms with E-state index < -0.39 is 5.24 Å². The zero-order chi connectivity index (χ0) is 12.4. The fourth-order valence-corrected chi connectivity index (χ4v) is 2.81. The Kier molecular flexibility index (Phi) is 4.05. The second kappa shape index (κ2) is 5.36. The van der Waals surface area contributed by atoms with Crippen molar-refractivity contribution in [3.8, 4) is 0 Å². The van der Waals surface area contributed by atoms with Crippen molar-refractivity contribution in [2.24, 2.45) is 0 Å². The number of aromatic nitrogens is 1. The fraction of sp³-hybridized carbons (Fsp3) is 0.0909. The molecule has 0 unspecified atom stereocenters. The molecular formula is C11H6Cl3NOS. The molecule has 0 saturated carbocycles. The van der Waals surface area contributed by atoms with Crippen molar-refractivity contribution in [3.05, 3.63) is 49.9 Å². The largest absolute Gasteiger partial charge is 0.274 e. The standard InChI is InChI=1S/C11H6Cl3NOS/c12-7-2-1-3-8(13)6(7)4-10-15-9(5-17-10)11(14)16/h1-3,5H,4H2. The Morgan fingerprint density at radius 2 is 1.94 bits per heavy atom. The van der Waals surface area contributed by atoms with E-state index in [9.17, 15) is 4.79 Å². The summed E-state index contributed by atoms with van der Waals surface area (Å²) < 4.78 is 0. The smallest absolute Gasteiger partial charge is 0.271 e. The molecule has 17 heavy (non-hydrogen) atoms. The maximum absolute atomic E-state index is 10.9. The lowest BCUT2D eigenvalue weighted by Crippen LogP contribution is -1.93. The van der Waals surface area contributed by atoms with Crippen molar-refractivity contribution in [2.75, 3.05) is 0 Å². The van der Waals surface area contributed by atoms with Crippen LogP contribution in [0.1, 0.15) is 21.1 Å². The summed E-state index contributed by atoms with van der Waals surface area (Å²) in [6.45, 7) is 0. The van der Waals surface area contributed by atoms with E-state index in [4.69, 9.17) is 34.8 Å². The summed E-state index contributed by atoms with van der Waals surface area (Å²) in [4.78, 5) is 15.0. The average Bonchev–Trinajstić information content (AvgIpc) is 2.72. The van der Waals surface area contributed by atoms with Gasteiger partial charge in [0.25, 0.3) is 5.24 Å². The van der Waals surface area contributed by atoms with Crippen LogP contribution in [-0.4, -0.2) is 10.2 Å². The van der Waals surface area contributed by atoms with Gasteiger partial charge in [-0.25, -0.2) is 4.98 Å². The molecule has 0 N–H and O–H groups in total. The van der Waals surface area contributed by atoms with Crippen LogP contribution in [0.3, 0.4) is 0 Å². The Hall–Kier alpha value is -0.610. The number of nitrogens with zero attached hydrogens (tertiary/aromatic N) is 1. The van der Waals surface area contributed by atoms with Gasteiger partial charge in [0.15, 0.2) is 0 Å². The number of carbonyl (C=O) groups is 1. The van der Waals surface area contributed by atoms with Crippen LogP contribution < -0.4 is 0 Å². The first-order chi connectivity index (χ1) is 8.08. The van der Waals surface area contributed by atoms with E-state index in [1.807, 2.05) is 0 Å². The number of halogens is 3. The lowest BCUT2D eigenvalue weighted by molar-refractivity contribution is 0.107. The first-order valence-corrected chi connectivity index (χ1v) is 6.66. The maximum Gasteiger partial charge on any atom is 0.271 e. The van der Waals surface area contributed by atoms with E-state index in [1.165, 1.54) is 11.3 Å². The molecule has 2 rings (SSSR count). The highest BCUT2D eigenvalue weighted by Crippen LogP contribution is 2.27. The number of benzene rings is 1. The molecule has 0 fully saturated rings. The van der Waals surface area contributed by atoms with Crippen molar-refractivity contribution in [3.63, 3.8) is 0 Å². The van der Waals surface area contributed by atoms with Crippen molar-refractivity contribution < 1.29 is 4.79 Å². The van der Waals surface area contributed by atoms with E-state index in [0.717, 1.165) is 10.6 Å². The Balaban J connectivity index is 2.28. The van der Waals surface area contributed by atoms with Gasteiger partial charge in [-0.2, -0.15) is 0 Å². The van der Waals surface area contributed by atoms with Gasteiger partial charge in [0.2, 0.25) is 0 Å². The van der Waals surface area contributed by atoms with Crippen LogP contribution in [0.25, 0.3) is 0 Å². The van der Waals surface area contributed by atoms with Gasteiger partial charge in [-0.05, 0) is 29.3 Å². The molecule has 2 nitrogen and oxygen atoms in total. The molecule has 0 radical (unpaired) electrons. The molecule has 0 spiro atoms. The second-order valence-corrected chi connectivity index (χ2v) is 5.38. The summed E-state index contributed by atoms with van der Waals surface area (Å²) in [5.41, 5.74) is 1.06. The Labute approximate surface area is 117 Å². The number of thiazole rings is 1. The topological polar surface area (TPSA) is 30.0 Å². The highest BCUT2D eigenvalue weighted by molar-refractivity contribution is 7.10. The van der Waals surface area contributed by atoms with E-state index in [2.05, 4.69) is 4.98 Å². The predicted octanol–water partition coefficient (Wildman–Crippen LogP) is 4.42. The quantitative estimate of drug-likeness (QED) is 0.786. The third-order valence-corrected chi connectivity index (χ3v) is 3.89. The molecule has 1 heterocycles. The number of carbonyl (C=O) groups excluding carboxylic acids is 1. The van der Waals surface area contributed by atoms with Crippen molar-refractivity contribution in [1.29, 1.82) is 0 Å². The molecule has 1 aromatic heterocycles. The van der Waals surface area contributed by atoms with E-state index in [1.54, 1.807) is 23.6 Å². The van der Waals surface area contributed by atoms with E-state index in [-0.39, 0.29) is 5.69 Å². The molecule has 0 saturated heterocycles. The van der Waals surface area contributed by atoms with Gasteiger partial charge in [0, 0.05) is 21.8 Å². The van der Waals surface area contributed by atoms with Crippen LogP contribution in [0.15, 0.2) is 23.6 Å². The van der Waals surface area contributed by atoms with Crippen molar-refractivity contribution >= 4 is 51.4 Å². The minimum Gasteiger partial charge on any atom is -0.274 e. The number of hydrogen-bond donors (Lipinski definition) is 0. The molecule has 0 aliphatic carbocycles. The van der Waals surface area contributed by atoms with Crippen LogP contribution >= 0.6 is 46.1 Å². The Morgan fingerprint density at radius 3 is 2.47 bits per heavy atom. The first-order valence-electron chi connectivity index (χ1n) is 4.65. The summed E-state index contributed by atoms with van der Waals surface area (Å²) in [6.07, 6.45) is 0.493. The first kappa shape index (κ1) is 12.8. The van der Waals surface area contributed by atoms with Crippen molar-refractivity contribution in [1.82, 2.24) is 4.98 Å². The summed E-state index contributed by atoms with van der Waals surface area (Å²) in [5.74, 6) is 0. The predicted molar refractivity (Wildman–Crippen MR) is 71.6 cm³/mol. The zero-order valence-electron chi connectivity index (χ0n) is 8.41. The Bertz CT molecular complexity index is 547. The highest BCUT2D eigenvalue weighted by Gasteiger charge is 2.11. The van der Waals surface area contributed by atoms with Gasteiger partial charge in [0.05, 0.1) is 5.01 Å². The average molecular weight is 307 g/mol. The molecule has 88 valence electrons. The normalized spacial score (nSPS) is 10.5. The molecule has 0 amide bonds.